The van der Waals surface area contributed by atoms with Crippen molar-refractivity contribution in [3.63, 3.8) is 0 Å². The minimum atomic E-state index is -4.67. The van der Waals surface area contributed by atoms with Crippen LogP contribution in [0.15, 0.2) is 0 Å². The van der Waals surface area contributed by atoms with Crippen LogP contribution in [0.3, 0.4) is 0 Å². The summed E-state index contributed by atoms with van der Waals surface area (Å²) in [5, 5.41) is 13.6. The van der Waals surface area contributed by atoms with Gasteiger partial charge < -0.3 is 5.21 Å². The Balaban J connectivity index is -0.0000000383. The Morgan fingerprint density at radius 3 is 1.18 bits per heavy atom. The first kappa shape index (κ1) is 22.9. The Bertz CT molecular complexity index is 159. The van der Waals surface area contributed by atoms with Crippen LogP contribution in [0.2, 0.25) is 0 Å². The third kappa shape index (κ3) is 422. The summed E-state index contributed by atoms with van der Waals surface area (Å²) in [5.74, 6) is 0. The van der Waals surface area contributed by atoms with Gasteiger partial charge in [-0.05, 0) is 0 Å². The normalized spacial score (nSPS) is 7.45. The molecule has 0 fully saturated rings. The van der Waals surface area contributed by atoms with E-state index in [1.807, 2.05) is 0 Å². The molecule has 0 aliphatic heterocycles. The second-order valence-electron chi connectivity index (χ2n) is 0.686. The summed E-state index contributed by atoms with van der Waals surface area (Å²) in [6.07, 6.45) is 0. The van der Waals surface area contributed by atoms with E-state index in [0.717, 1.165) is 0 Å². The summed E-state index contributed by atoms with van der Waals surface area (Å²) >= 11 is 0. The van der Waals surface area contributed by atoms with Crippen LogP contribution in [0.1, 0.15) is 0 Å². The van der Waals surface area contributed by atoms with Gasteiger partial charge in [-0.25, -0.2) is 0 Å². The van der Waals surface area contributed by atoms with Crippen LogP contribution in [0.5, 0.6) is 0 Å². The maximum absolute atomic E-state index is 8.74. The van der Waals surface area contributed by atoms with Crippen molar-refractivity contribution in [1.82, 2.24) is 0 Å². The summed E-state index contributed by atoms with van der Waals surface area (Å²) < 4.78 is 31.6. The molecule has 0 saturated carbocycles. The molecule has 0 atom stereocenters. The second kappa shape index (κ2) is 11.6. The molecule has 64 valence electrons. The van der Waals surface area contributed by atoms with Gasteiger partial charge in [0.1, 0.15) is 0 Å². The minimum absolute atomic E-state index is 0. The molecule has 0 aliphatic carbocycles. The van der Waals surface area contributed by atoms with E-state index in [1.54, 1.807) is 0 Å². The molecule has 0 radical (unpaired) electrons. The van der Waals surface area contributed by atoms with E-state index in [-0.39, 0.29) is 75.5 Å². The van der Waals surface area contributed by atoms with E-state index < -0.39 is 15.5 Å². The van der Waals surface area contributed by atoms with Crippen molar-refractivity contribution in [2.75, 3.05) is 0 Å². The van der Waals surface area contributed by atoms with Gasteiger partial charge in [-0.1, -0.05) is 0 Å². The van der Waals surface area contributed by atoms with E-state index in [1.165, 1.54) is 0 Å². The fourth-order valence-corrected chi connectivity index (χ4v) is 0. The van der Waals surface area contributed by atoms with E-state index in [9.17, 15) is 0 Å². The van der Waals surface area contributed by atoms with Crippen LogP contribution in [0, 0.1) is 10.1 Å². The molecular weight excluding hydrogens is 238 g/mol. The van der Waals surface area contributed by atoms with Crippen molar-refractivity contribution in [1.29, 1.82) is 0 Å². The summed E-state index contributed by atoms with van der Waals surface area (Å²) in [6, 6.07) is 0. The molecule has 0 aromatic rings. The average molecular weight is 245 g/mol. The molecule has 11 heavy (non-hydrogen) atoms. The molecule has 0 unspecified atom stereocenters. The van der Waals surface area contributed by atoms with Crippen molar-refractivity contribution in [2.24, 2.45) is 0 Å². The Morgan fingerprint density at radius 2 is 1.18 bits per heavy atom. The van der Waals surface area contributed by atoms with Crippen LogP contribution < -0.4 is 0 Å². The van der Waals surface area contributed by atoms with E-state index >= 15 is 0 Å². The second-order valence-corrected chi connectivity index (χ2v) is 1.58. The van der Waals surface area contributed by atoms with Gasteiger partial charge in [0.25, 0.3) is 5.09 Å². The van der Waals surface area contributed by atoms with Gasteiger partial charge >= 0.3 is 85.9 Å². The maximum atomic E-state index is 8.74. The van der Waals surface area contributed by atoms with Gasteiger partial charge in [-0.15, -0.1) is 10.1 Å². The first-order valence-electron chi connectivity index (χ1n) is 1.26. The van der Waals surface area contributed by atoms with Crippen molar-refractivity contribution in [3.8, 4) is 0 Å². The number of hydrogen-bond acceptors (Lipinski definition) is 4. The van der Waals surface area contributed by atoms with Gasteiger partial charge in [-0.2, -0.15) is 8.42 Å². The van der Waals surface area contributed by atoms with Crippen LogP contribution in [-0.4, -0.2) is 103 Å². The number of nitrogens with zero attached hydrogens (tertiary/aromatic N) is 1. The Hall–Kier alpha value is 1.59. The first-order chi connectivity index (χ1) is 3.73. The van der Waals surface area contributed by atoms with E-state index in [0.29, 0.717) is 0 Å². The van der Waals surface area contributed by atoms with Crippen LogP contribution >= 0.6 is 0 Å². The summed E-state index contributed by atoms with van der Waals surface area (Å²) in [7, 11) is -4.67. The first-order valence-corrected chi connectivity index (χ1v) is 2.66. The van der Waals surface area contributed by atoms with Gasteiger partial charge in [-0.3, -0.25) is 9.11 Å². The molecule has 0 amide bonds. The molecule has 11 heteroatoms. The third-order valence-electron chi connectivity index (χ3n) is 0. The molecule has 0 spiro atoms. The molecule has 0 rings (SSSR count). The molecule has 0 heterocycles. The zero-order valence-electron chi connectivity index (χ0n) is 3.83. The van der Waals surface area contributed by atoms with Crippen molar-refractivity contribution in [3.05, 3.63) is 10.1 Å². The fraction of sp³-hybridized carbons (Fsp3) is 0. The van der Waals surface area contributed by atoms with Crippen molar-refractivity contribution in [2.45, 2.75) is 0 Å². The van der Waals surface area contributed by atoms with Crippen LogP contribution in [0.25, 0.3) is 0 Å². The third-order valence-corrected chi connectivity index (χ3v) is 0. The standard InChI is InChI=1S/2Ca.HNO3.H2O4S.4H/c;;2-1(3)4;1-5(2,3)4;;;;/h;;(H,2,3,4);(H2,1,2,3,4);;;;. The molecule has 0 aliphatic rings. The summed E-state index contributed by atoms with van der Waals surface area (Å²) in [4.78, 5) is 8.36. The molecule has 0 saturated heterocycles. The molecule has 0 bridgehead atoms. The van der Waals surface area contributed by atoms with Gasteiger partial charge in [0, 0.05) is 0 Å². The van der Waals surface area contributed by atoms with E-state index in [2.05, 4.69) is 0 Å². The fourth-order valence-electron chi connectivity index (χ4n) is 0. The predicted octanol–water partition coefficient (Wildman–Crippen LogP) is -2.83. The molecule has 8 nitrogen and oxygen atoms in total. The van der Waals surface area contributed by atoms with E-state index in [4.69, 9.17) is 32.8 Å². The zero-order valence-corrected chi connectivity index (χ0v) is 4.65. The van der Waals surface area contributed by atoms with Gasteiger partial charge in [0.05, 0.1) is 0 Å². The number of hydrogen-bond donors (Lipinski definition) is 3. The van der Waals surface area contributed by atoms with Gasteiger partial charge in [0.2, 0.25) is 0 Å². The molecule has 3 N–H and O–H groups in total. The monoisotopic (exact) mass is 245 g/mol. The van der Waals surface area contributed by atoms with Crippen LogP contribution in [-0.2, 0) is 10.4 Å². The van der Waals surface area contributed by atoms with Crippen molar-refractivity contribution >= 4 is 85.9 Å². The quantitative estimate of drug-likeness (QED) is 0.181. The molecular formula is H7Ca2NO7S. The topological polar surface area (TPSA) is 138 Å². The van der Waals surface area contributed by atoms with Gasteiger partial charge in [0.15, 0.2) is 0 Å². The number of rotatable bonds is 0. The Morgan fingerprint density at radius 1 is 1.18 bits per heavy atom. The SMILES string of the molecule is O=S(=O)(O)O.O=[N+]([O-])O.[CaH2].[CaH2]. The average Bonchev–Trinajstić information content (AvgIpc) is 1.19. The summed E-state index contributed by atoms with van der Waals surface area (Å²) in [5.41, 5.74) is 0. The summed E-state index contributed by atoms with van der Waals surface area (Å²) in [6.45, 7) is 0. The Labute approximate surface area is 122 Å². The molecule has 0 aromatic heterocycles. The van der Waals surface area contributed by atoms with Crippen molar-refractivity contribution < 1.29 is 27.8 Å². The zero-order chi connectivity index (χ0) is 8.08. The molecule has 0 aromatic carbocycles. The Kier molecular flexibility index (Phi) is 24.1. The van der Waals surface area contributed by atoms with Crippen LogP contribution in [0.4, 0.5) is 0 Å². The predicted molar refractivity (Wildman–Crippen MR) is 40.0 cm³/mol.